The molecule has 2 aromatic carbocycles. The van der Waals surface area contributed by atoms with E-state index in [1.165, 1.54) is 0 Å². The molecule has 2 aromatic rings. The zero-order valence-corrected chi connectivity index (χ0v) is 15.8. The molecular formula is C19H22BrNO3. The maximum atomic E-state index is 12.7. The van der Waals surface area contributed by atoms with Crippen molar-refractivity contribution in [3.05, 3.63) is 58.1 Å². The molecule has 0 aliphatic carbocycles. The Labute approximate surface area is 151 Å². The van der Waals surface area contributed by atoms with Gasteiger partial charge in [-0.05, 0) is 40.0 Å². The van der Waals surface area contributed by atoms with Crippen LogP contribution in [-0.2, 0) is 6.54 Å². The van der Waals surface area contributed by atoms with Crippen LogP contribution in [0.4, 0.5) is 0 Å². The molecule has 5 heteroatoms. The Morgan fingerprint density at radius 1 is 1.21 bits per heavy atom. The van der Waals surface area contributed by atoms with Gasteiger partial charge in [0.25, 0.3) is 5.91 Å². The Morgan fingerprint density at radius 3 is 2.54 bits per heavy atom. The van der Waals surface area contributed by atoms with Gasteiger partial charge in [0, 0.05) is 19.2 Å². The summed E-state index contributed by atoms with van der Waals surface area (Å²) in [5.74, 6) is 1.11. The van der Waals surface area contributed by atoms with Crippen LogP contribution in [0.5, 0.6) is 11.5 Å². The lowest BCUT2D eigenvalue weighted by Crippen LogP contribution is -2.26. The molecule has 0 unspecified atom stereocenters. The van der Waals surface area contributed by atoms with Crippen molar-refractivity contribution >= 4 is 21.8 Å². The molecule has 0 spiro atoms. The molecule has 0 saturated heterocycles. The molecule has 128 valence electrons. The monoisotopic (exact) mass is 391 g/mol. The Morgan fingerprint density at radius 2 is 1.92 bits per heavy atom. The Kier molecular flexibility index (Phi) is 6.67. The van der Waals surface area contributed by atoms with Gasteiger partial charge < -0.3 is 14.4 Å². The second kappa shape index (κ2) is 8.73. The first-order valence-corrected chi connectivity index (χ1v) is 8.65. The predicted molar refractivity (Wildman–Crippen MR) is 98.7 cm³/mol. The third-order valence-electron chi connectivity index (χ3n) is 3.54. The van der Waals surface area contributed by atoms with Gasteiger partial charge in [-0.1, -0.05) is 37.3 Å². The highest BCUT2D eigenvalue weighted by Crippen LogP contribution is 2.37. The number of methoxy groups -OCH3 is 1. The fraction of sp³-hybridized carbons (Fsp3) is 0.316. The van der Waals surface area contributed by atoms with E-state index in [0.717, 1.165) is 12.0 Å². The lowest BCUT2D eigenvalue weighted by molar-refractivity contribution is 0.0784. The summed E-state index contributed by atoms with van der Waals surface area (Å²) < 4.78 is 11.8. The van der Waals surface area contributed by atoms with Crippen LogP contribution in [0.15, 0.2) is 46.9 Å². The first kappa shape index (κ1) is 18.3. The van der Waals surface area contributed by atoms with E-state index in [0.29, 0.717) is 34.7 Å². The molecule has 24 heavy (non-hydrogen) atoms. The number of nitrogens with zero attached hydrogens (tertiary/aromatic N) is 1. The van der Waals surface area contributed by atoms with Crippen LogP contribution in [0.3, 0.4) is 0 Å². The zero-order chi connectivity index (χ0) is 17.5. The molecule has 0 N–H and O–H groups in total. The maximum absolute atomic E-state index is 12.7. The summed E-state index contributed by atoms with van der Waals surface area (Å²) in [5.41, 5.74) is 1.64. The number of ether oxygens (including phenoxy) is 2. The van der Waals surface area contributed by atoms with Gasteiger partial charge >= 0.3 is 0 Å². The third-order valence-corrected chi connectivity index (χ3v) is 4.13. The lowest BCUT2D eigenvalue weighted by atomic mass is 10.1. The van der Waals surface area contributed by atoms with Crippen LogP contribution in [0, 0.1) is 0 Å². The number of amides is 1. The molecule has 0 saturated carbocycles. The molecular weight excluding hydrogens is 370 g/mol. The molecule has 0 fully saturated rings. The number of halogens is 1. The molecule has 0 aromatic heterocycles. The standard InChI is InChI=1S/C19H22BrNO3/c1-4-10-24-18-16(20)11-15(12-17(18)23-3)19(22)21(2)13-14-8-6-5-7-9-14/h5-9,11-12H,4,10,13H2,1-3H3. The number of benzene rings is 2. The Hall–Kier alpha value is -2.01. The van der Waals surface area contributed by atoms with Crippen molar-refractivity contribution in [2.24, 2.45) is 0 Å². The van der Waals surface area contributed by atoms with E-state index in [1.54, 1.807) is 31.2 Å². The van der Waals surface area contributed by atoms with Crippen LogP contribution in [0.2, 0.25) is 0 Å². The third kappa shape index (κ3) is 4.51. The van der Waals surface area contributed by atoms with E-state index < -0.39 is 0 Å². The van der Waals surface area contributed by atoms with E-state index in [-0.39, 0.29) is 5.91 Å². The summed E-state index contributed by atoms with van der Waals surface area (Å²) in [7, 11) is 3.36. The van der Waals surface area contributed by atoms with Crippen molar-refractivity contribution in [3.63, 3.8) is 0 Å². The molecule has 0 atom stereocenters. The fourth-order valence-electron chi connectivity index (χ4n) is 2.34. The first-order chi connectivity index (χ1) is 11.6. The number of carbonyl (C=O) groups excluding carboxylic acids is 1. The molecule has 0 bridgehead atoms. The molecule has 4 nitrogen and oxygen atoms in total. The first-order valence-electron chi connectivity index (χ1n) is 7.86. The lowest BCUT2D eigenvalue weighted by Gasteiger charge is -2.19. The number of rotatable bonds is 7. The smallest absolute Gasteiger partial charge is 0.254 e. The molecule has 0 heterocycles. The van der Waals surface area contributed by atoms with Gasteiger partial charge in [0.05, 0.1) is 18.2 Å². The molecule has 0 aliphatic rings. The summed E-state index contributed by atoms with van der Waals surface area (Å²) in [6, 6.07) is 13.4. The number of carbonyl (C=O) groups is 1. The molecule has 0 radical (unpaired) electrons. The molecule has 1 amide bonds. The van der Waals surface area contributed by atoms with Gasteiger partial charge in [0.15, 0.2) is 11.5 Å². The number of hydrogen-bond donors (Lipinski definition) is 0. The molecule has 0 aliphatic heterocycles. The van der Waals surface area contributed by atoms with Crippen molar-refractivity contribution in [3.8, 4) is 11.5 Å². The highest BCUT2D eigenvalue weighted by atomic mass is 79.9. The van der Waals surface area contributed by atoms with E-state index in [9.17, 15) is 4.79 Å². The van der Waals surface area contributed by atoms with E-state index in [2.05, 4.69) is 15.9 Å². The van der Waals surface area contributed by atoms with Crippen molar-refractivity contribution in [2.45, 2.75) is 19.9 Å². The Bertz CT molecular complexity index is 689. The van der Waals surface area contributed by atoms with Gasteiger partial charge in [-0.15, -0.1) is 0 Å². The largest absolute Gasteiger partial charge is 0.493 e. The SMILES string of the molecule is CCCOc1c(Br)cc(C(=O)N(C)Cc2ccccc2)cc1OC. The van der Waals surface area contributed by atoms with Crippen LogP contribution in [0.1, 0.15) is 29.3 Å². The van der Waals surface area contributed by atoms with Gasteiger partial charge in [-0.2, -0.15) is 0 Å². The summed E-state index contributed by atoms with van der Waals surface area (Å²) in [6.07, 6.45) is 0.899. The van der Waals surface area contributed by atoms with Gasteiger partial charge in [-0.3, -0.25) is 4.79 Å². The van der Waals surface area contributed by atoms with Crippen molar-refractivity contribution in [1.29, 1.82) is 0 Å². The minimum atomic E-state index is -0.0695. The zero-order valence-electron chi connectivity index (χ0n) is 14.2. The minimum absolute atomic E-state index is 0.0695. The highest BCUT2D eigenvalue weighted by molar-refractivity contribution is 9.10. The second-order valence-electron chi connectivity index (χ2n) is 5.48. The minimum Gasteiger partial charge on any atom is -0.493 e. The van der Waals surface area contributed by atoms with Crippen LogP contribution in [-0.4, -0.2) is 31.6 Å². The summed E-state index contributed by atoms with van der Waals surface area (Å²) in [5, 5.41) is 0. The Balaban J connectivity index is 2.21. The maximum Gasteiger partial charge on any atom is 0.254 e. The van der Waals surface area contributed by atoms with Gasteiger partial charge in [-0.25, -0.2) is 0 Å². The van der Waals surface area contributed by atoms with Crippen LogP contribution < -0.4 is 9.47 Å². The fourth-order valence-corrected chi connectivity index (χ4v) is 2.89. The van der Waals surface area contributed by atoms with E-state index in [4.69, 9.17) is 9.47 Å². The quantitative estimate of drug-likeness (QED) is 0.696. The summed E-state index contributed by atoms with van der Waals surface area (Å²) in [6.45, 7) is 3.18. The van der Waals surface area contributed by atoms with Crippen molar-refractivity contribution in [2.75, 3.05) is 20.8 Å². The summed E-state index contributed by atoms with van der Waals surface area (Å²) in [4.78, 5) is 14.4. The van der Waals surface area contributed by atoms with E-state index >= 15 is 0 Å². The van der Waals surface area contributed by atoms with Crippen molar-refractivity contribution < 1.29 is 14.3 Å². The van der Waals surface area contributed by atoms with Crippen molar-refractivity contribution in [1.82, 2.24) is 4.90 Å². The highest BCUT2D eigenvalue weighted by Gasteiger charge is 2.18. The van der Waals surface area contributed by atoms with Crippen LogP contribution >= 0.6 is 15.9 Å². The average molecular weight is 392 g/mol. The summed E-state index contributed by atoms with van der Waals surface area (Å²) >= 11 is 3.48. The number of hydrogen-bond acceptors (Lipinski definition) is 3. The van der Waals surface area contributed by atoms with Crippen LogP contribution in [0.25, 0.3) is 0 Å². The normalized spacial score (nSPS) is 10.3. The second-order valence-corrected chi connectivity index (χ2v) is 6.34. The van der Waals surface area contributed by atoms with Gasteiger partial charge in [0.1, 0.15) is 0 Å². The average Bonchev–Trinajstić information content (AvgIpc) is 2.60. The van der Waals surface area contributed by atoms with E-state index in [1.807, 2.05) is 37.3 Å². The van der Waals surface area contributed by atoms with Gasteiger partial charge in [0.2, 0.25) is 0 Å². The molecule has 2 rings (SSSR count). The topological polar surface area (TPSA) is 38.8 Å². The predicted octanol–water partition coefficient (Wildman–Crippen LogP) is 4.52.